The van der Waals surface area contributed by atoms with E-state index in [2.05, 4.69) is 0 Å². The number of benzene rings is 1. The SMILES string of the molecule is CC(C)C(=O)N(CC(=O)N1CCc2sccc2C1COc1ccccc1F)CC1CC1. The van der Waals surface area contributed by atoms with Gasteiger partial charge in [-0.15, -0.1) is 11.3 Å². The maximum absolute atomic E-state index is 14.1. The van der Waals surface area contributed by atoms with Crippen molar-refractivity contribution in [2.24, 2.45) is 11.8 Å². The van der Waals surface area contributed by atoms with E-state index in [0.29, 0.717) is 19.0 Å². The van der Waals surface area contributed by atoms with E-state index in [1.165, 1.54) is 10.9 Å². The summed E-state index contributed by atoms with van der Waals surface area (Å²) < 4.78 is 19.9. The third kappa shape index (κ3) is 5.09. The van der Waals surface area contributed by atoms with E-state index >= 15 is 0 Å². The van der Waals surface area contributed by atoms with E-state index < -0.39 is 5.82 Å². The minimum absolute atomic E-state index is 0.0210. The Morgan fingerprint density at radius 1 is 1.26 bits per heavy atom. The van der Waals surface area contributed by atoms with Gasteiger partial charge in [0.1, 0.15) is 6.61 Å². The molecule has 2 amide bonds. The van der Waals surface area contributed by atoms with Crippen molar-refractivity contribution in [2.75, 3.05) is 26.2 Å². The van der Waals surface area contributed by atoms with Crippen molar-refractivity contribution in [3.8, 4) is 5.75 Å². The molecule has 0 bridgehead atoms. The van der Waals surface area contributed by atoms with Crippen LogP contribution < -0.4 is 4.74 Å². The highest BCUT2D eigenvalue weighted by Gasteiger charge is 2.35. The van der Waals surface area contributed by atoms with Gasteiger partial charge in [-0.3, -0.25) is 9.59 Å². The van der Waals surface area contributed by atoms with E-state index in [1.54, 1.807) is 34.4 Å². The molecule has 1 atom stereocenters. The predicted octanol–water partition coefficient (Wildman–Crippen LogP) is 4.29. The average molecular weight is 445 g/mol. The molecule has 166 valence electrons. The molecule has 5 nitrogen and oxygen atoms in total. The molecule has 2 heterocycles. The van der Waals surface area contributed by atoms with Crippen LogP contribution in [0.2, 0.25) is 0 Å². The zero-order valence-corrected chi connectivity index (χ0v) is 18.9. The summed E-state index contributed by atoms with van der Waals surface area (Å²) in [6.07, 6.45) is 3.03. The molecule has 0 saturated heterocycles. The molecule has 1 aliphatic heterocycles. The number of thiophene rings is 1. The number of carbonyl (C=O) groups excluding carboxylic acids is 2. The van der Waals surface area contributed by atoms with E-state index in [1.807, 2.05) is 30.2 Å². The fourth-order valence-electron chi connectivity index (χ4n) is 4.07. The lowest BCUT2D eigenvalue weighted by molar-refractivity contribution is -0.144. The van der Waals surface area contributed by atoms with Gasteiger partial charge in [0.05, 0.1) is 12.6 Å². The van der Waals surface area contributed by atoms with Crippen molar-refractivity contribution in [3.63, 3.8) is 0 Å². The van der Waals surface area contributed by atoms with Crippen molar-refractivity contribution in [1.29, 1.82) is 0 Å². The molecule has 1 aromatic heterocycles. The molecule has 1 unspecified atom stereocenters. The molecule has 2 aromatic rings. The lowest BCUT2D eigenvalue weighted by Gasteiger charge is -2.37. The van der Waals surface area contributed by atoms with Crippen LogP contribution in [-0.2, 0) is 16.0 Å². The summed E-state index contributed by atoms with van der Waals surface area (Å²) in [5.74, 6) is 0.0841. The van der Waals surface area contributed by atoms with Crippen molar-refractivity contribution < 1.29 is 18.7 Å². The number of amides is 2. The van der Waals surface area contributed by atoms with Gasteiger partial charge in [-0.05, 0) is 54.3 Å². The number of carbonyl (C=O) groups is 2. The van der Waals surface area contributed by atoms with Gasteiger partial charge in [-0.25, -0.2) is 4.39 Å². The van der Waals surface area contributed by atoms with E-state index in [9.17, 15) is 14.0 Å². The first kappa shape index (κ1) is 21.8. The number of rotatable bonds is 8. The molecule has 0 spiro atoms. The van der Waals surface area contributed by atoms with Gasteiger partial charge >= 0.3 is 0 Å². The highest BCUT2D eigenvalue weighted by Crippen LogP contribution is 2.35. The molecule has 1 aromatic carbocycles. The first-order valence-electron chi connectivity index (χ1n) is 11.0. The standard InChI is InChI=1S/C24H29FN2O3S/c1-16(2)24(29)26(13-17-7-8-17)14-23(28)27-11-9-22-18(10-12-31-22)20(27)15-30-21-6-4-3-5-19(21)25/h3-6,10,12,16-17,20H,7-9,11,13-15H2,1-2H3. The molecule has 1 aliphatic carbocycles. The van der Waals surface area contributed by atoms with E-state index in [-0.39, 0.29) is 42.7 Å². The molecule has 1 saturated carbocycles. The summed E-state index contributed by atoms with van der Waals surface area (Å²) >= 11 is 1.67. The average Bonchev–Trinajstić information content (AvgIpc) is 3.44. The van der Waals surface area contributed by atoms with Gasteiger partial charge in [0, 0.05) is 23.9 Å². The smallest absolute Gasteiger partial charge is 0.242 e. The highest BCUT2D eigenvalue weighted by molar-refractivity contribution is 7.10. The Hall–Kier alpha value is -2.41. The summed E-state index contributed by atoms with van der Waals surface area (Å²) in [6.45, 7) is 5.23. The van der Waals surface area contributed by atoms with Gasteiger partial charge in [-0.2, -0.15) is 0 Å². The second-order valence-corrected chi connectivity index (χ2v) is 9.71. The molecular weight excluding hydrogens is 415 g/mol. The van der Waals surface area contributed by atoms with E-state index in [4.69, 9.17) is 4.74 Å². The van der Waals surface area contributed by atoms with Crippen LogP contribution in [0.5, 0.6) is 5.75 Å². The summed E-state index contributed by atoms with van der Waals surface area (Å²) in [7, 11) is 0. The summed E-state index contributed by atoms with van der Waals surface area (Å²) in [6, 6.07) is 8.04. The highest BCUT2D eigenvalue weighted by atomic mass is 32.1. The van der Waals surface area contributed by atoms with Gasteiger partial charge < -0.3 is 14.5 Å². The zero-order valence-electron chi connectivity index (χ0n) is 18.1. The Kier molecular flexibility index (Phi) is 6.60. The van der Waals surface area contributed by atoms with Crippen LogP contribution in [0.1, 0.15) is 43.2 Å². The molecule has 31 heavy (non-hydrogen) atoms. The molecule has 4 rings (SSSR count). The maximum atomic E-state index is 14.1. The first-order valence-corrected chi connectivity index (χ1v) is 11.8. The number of fused-ring (bicyclic) bond motifs is 1. The molecule has 2 aliphatic rings. The Morgan fingerprint density at radius 3 is 2.74 bits per heavy atom. The first-order chi connectivity index (χ1) is 14.9. The fraction of sp³-hybridized carbons (Fsp3) is 0.500. The second kappa shape index (κ2) is 9.39. The quantitative estimate of drug-likeness (QED) is 0.610. The van der Waals surface area contributed by atoms with Crippen LogP contribution in [0.4, 0.5) is 4.39 Å². The predicted molar refractivity (Wildman–Crippen MR) is 119 cm³/mol. The normalized spacial score (nSPS) is 18.1. The Balaban J connectivity index is 1.51. The second-order valence-electron chi connectivity index (χ2n) is 8.71. The number of hydrogen-bond donors (Lipinski definition) is 0. The van der Waals surface area contributed by atoms with Crippen molar-refractivity contribution in [3.05, 3.63) is 52.0 Å². The number of ether oxygens (including phenoxy) is 1. The number of nitrogens with zero attached hydrogens (tertiary/aromatic N) is 2. The molecule has 0 radical (unpaired) electrons. The topological polar surface area (TPSA) is 49.9 Å². The van der Waals surface area contributed by atoms with Crippen molar-refractivity contribution in [2.45, 2.75) is 39.2 Å². The zero-order chi connectivity index (χ0) is 22.0. The van der Waals surface area contributed by atoms with Crippen molar-refractivity contribution >= 4 is 23.2 Å². The number of para-hydroxylation sites is 1. The minimum Gasteiger partial charge on any atom is -0.488 e. The molecule has 1 fully saturated rings. The maximum Gasteiger partial charge on any atom is 0.242 e. The monoisotopic (exact) mass is 444 g/mol. The van der Waals surface area contributed by atoms with Crippen LogP contribution in [0.25, 0.3) is 0 Å². The summed E-state index contributed by atoms with van der Waals surface area (Å²) in [5, 5.41) is 2.02. The summed E-state index contributed by atoms with van der Waals surface area (Å²) in [5.41, 5.74) is 1.06. The largest absolute Gasteiger partial charge is 0.488 e. The third-order valence-corrected chi connectivity index (χ3v) is 6.95. The molecule has 7 heteroatoms. The van der Waals surface area contributed by atoms with Gasteiger partial charge in [0.15, 0.2) is 11.6 Å². The van der Waals surface area contributed by atoms with Crippen LogP contribution in [0.15, 0.2) is 35.7 Å². The molecule has 0 N–H and O–H groups in total. The van der Waals surface area contributed by atoms with Gasteiger partial charge in [-0.1, -0.05) is 26.0 Å². The Labute approximate surface area is 186 Å². The Morgan fingerprint density at radius 2 is 2.03 bits per heavy atom. The molecular formula is C24H29FN2O3S. The number of hydrogen-bond acceptors (Lipinski definition) is 4. The van der Waals surface area contributed by atoms with Gasteiger partial charge in [0.2, 0.25) is 11.8 Å². The van der Waals surface area contributed by atoms with Crippen LogP contribution in [-0.4, -0.2) is 47.9 Å². The van der Waals surface area contributed by atoms with Crippen LogP contribution in [0.3, 0.4) is 0 Å². The number of halogens is 1. The lowest BCUT2D eigenvalue weighted by atomic mass is 10.00. The minimum atomic E-state index is -0.417. The van der Waals surface area contributed by atoms with E-state index in [0.717, 1.165) is 24.8 Å². The van der Waals surface area contributed by atoms with Crippen molar-refractivity contribution in [1.82, 2.24) is 9.80 Å². The van der Waals surface area contributed by atoms with Gasteiger partial charge in [0.25, 0.3) is 0 Å². The summed E-state index contributed by atoms with van der Waals surface area (Å²) in [4.78, 5) is 30.8. The lowest BCUT2D eigenvalue weighted by Crippen LogP contribution is -2.49. The Bertz CT molecular complexity index is 940. The van der Waals surface area contributed by atoms with Crippen LogP contribution in [0, 0.1) is 17.7 Å². The van der Waals surface area contributed by atoms with Crippen LogP contribution >= 0.6 is 11.3 Å². The fourth-order valence-corrected chi connectivity index (χ4v) is 5.00. The third-order valence-electron chi connectivity index (χ3n) is 5.96.